The standard InChI is InChI=1S/C22H32N4O2S.HI/c1-16(27-4)21-25-18(15-29-21)14-26(3)22(23-2)24-13-17-9-5-8-12-20(17)28-19-10-6-7-11-19;/h5,8-9,12,15-16,19H,6-7,10-11,13-14H2,1-4H3,(H,23,24);1H. The zero-order valence-electron chi connectivity index (χ0n) is 18.3. The number of aliphatic imine (C=N–C) groups is 1. The first-order valence-electron chi connectivity index (χ1n) is 10.2. The number of benzene rings is 1. The van der Waals surface area contributed by atoms with Crippen molar-refractivity contribution in [2.24, 2.45) is 4.99 Å². The highest BCUT2D eigenvalue weighted by molar-refractivity contribution is 14.0. The van der Waals surface area contributed by atoms with E-state index in [-0.39, 0.29) is 30.1 Å². The Hall–Kier alpha value is -1.39. The van der Waals surface area contributed by atoms with Gasteiger partial charge < -0.3 is 19.7 Å². The number of methoxy groups -OCH3 is 1. The Morgan fingerprint density at radius 1 is 1.33 bits per heavy atom. The van der Waals surface area contributed by atoms with Gasteiger partial charge in [0.25, 0.3) is 0 Å². The fourth-order valence-electron chi connectivity index (χ4n) is 3.51. The lowest BCUT2D eigenvalue weighted by Gasteiger charge is -2.22. The molecule has 1 aromatic carbocycles. The number of nitrogens with zero attached hydrogens (tertiary/aromatic N) is 3. The fraction of sp³-hybridized carbons (Fsp3) is 0.545. The number of para-hydroxylation sites is 1. The molecule has 6 nitrogen and oxygen atoms in total. The first kappa shape index (κ1) is 24.9. The van der Waals surface area contributed by atoms with Crippen LogP contribution in [-0.2, 0) is 17.8 Å². The van der Waals surface area contributed by atoms with Crippen LogP contribution in [0, 0.1) is 0 Å². The molecule has 0 spiro atoms. The van der Waals surface area contributed by atoms with E-state index in [2.05, 4.69) is 43.8 Å². The van der Waals surface area contributed by atoms with Crippen LogP contribution < -0.4 is 10.1 Å². The number of rotatable bonds is 8. The van der Waals surface area contributed by atoms with Crippen LogP contribution in [0.4, 0.5) is 0 Å². The van der Waals surface area contributed by atoms with Crippen LogP contribution in [0.2, 0.25) is 0 Å². The van der Waals surface area contributed by atoms with Gasteiger partial charge >= 0.3 is 0 Å². The van der Waals surface area contributed by atoms with Gasteiger partial charge in [-0.1, -0.05) is 18.2 Å². The monoisotopic (exact) mass is 544 g/mol. The largest absolute Gasteiger partial charge is 0.490 e. The van der Waals surface area contributed by atoms with Crippen molar-refractivity contribution in [3.8, 4) is 5.75 Å². The zero-order chi connectivity index (χ0) is 20.6. The molecule has 0 radical (unpaired) electrons. The molecule has 0 bridgehead atoms. The van der Waals surface area contributed by atoms with Gasteiger partial charge in [0, 0.05) is 38.7 Å². The molecule has 1 N–H and O–H groups in total. The second-order valence-electron chi connectivity index (χ2n) is 7.44. The van der Waals surface area contributed by atoms with Crippen LogP contribution in [-0.4, -0.2) is 43.2 Å². The van der Waals surface area contributed by atoms with Crippen LogP contribution in [0.1, 0.15) is 55.0 Å². The molecule has 0 aliphatic heterocycles. The predicted octanol–water partition coefficient (Wildman–Crippen LogP) is 5.00. The Morgan fingerprint density at radius 2 is 2.07 bits per heavy atom. The number of guanidine groups is 1. The Bertz CT molecular complexity index is 808. The molecule has 0 saturated heterocycles. The lowest BCUT2D eigenvalue weighted by molar-refractivity contribution is 0.119. The summed E-state index contributed by atoms with van der Waals surface area (Å²) in [7, 11) is 5.53. The van der Waals surface area contributed by atoms with Crippen molar-refractivity contribution in [2.45, 2.75) is 57.9 Å². The van der Waals surface area contributed by atoms with Gasteiger partial charge in [-0.25, -0.2) is 4.98 Å². The van der Waals surface area contributed by atoms with Gasteiger partial charge in [0.05, 0.1) is 18.3 Å². The van der Waals surface area contributed by atoms with Crippen LogP contribution in [0.15, 0.2) is 34.6 Å². The van der Waals surface area contributed by atoms with Gasteiger partial charge in [-0.05, 0) is 38.7 Å². The molecule has 1 aliphatic carbocycles. The number of hydrogen-bond acceptors (Lipinski definition) is 5. The lowest BCUT2D eigenvalue weighted by Crippen LogP contribution is -2.38. The van der Waals surface area contributed by atoms with Crippen molar-refractivity contribution in [1.29, 1.82) is 0 Å². The van der Waals surface area contributed by atoms with Crippen molar-refractivity contribution >= 4 is 41.3 Å². The van der Waals surface area contributed by atoms with Crippen LogP contribution >= 0.6 is 35.3 Å². The summed E-state index contributed by atoms with van der Waals surface area (Å²) >= 11 is 1.63. The van der Waals surface area contributed by atoms with Crippen molar-refractivity contribution in [2.75, 3.05) is 21.2 Å². The third-order valence-corrected chi connectivity index (χ3v) is 6.30. The van der Waals surface area contributed by atoms with Gasteiger partial charge in [-0.15, -0.1) is 35.3 Å². The highest BCUT2D eigenvalue weighted by Gasteiger charge is 2.18. The summed E-state index contributed by atoms with van der Waals surface area (Å²) in [6.45, 7) is 3.37. The van der Waals surface area contributed by atoms with E-state index in [0.717, 1.165) is 40.8 Å². The maximum Gasteiger partial charge on any atom is 0.194 e. The van der Waals surface area contributed by atoms with E-state index in [9.17, 15) is 0 Å². The van der Waals surface area contributed by atoms with Crippen molar-refractivity contribution < 1.29 is 9.47 Å². The smallest absolute Gasteiger partial charge is 0.194 e. The number of thiazole rings is 1. The Balaban J connectivity index is 0.00000320. The molecule has 1 unspecified atom stereocenters. The summed E-state index contributed by atoms with van der Waals surface area (Å²) in [6, 6.07) is 8.27. The van der Waals surface area contributed by atoms with E-state index in [1.807, 2.05) is 20.0 Å². The van der Waals surface area contributed by atoms with Crippen molar-refractivity contribution in [3.63, 3.8) is 0 Å². The first-order valence-corrected chi connectivity index (χ1v) is 11.1. The van der Waals surface area contributed by atoms with E-state index in [1.54, 1.807) is 25.5 Å². The molecular weight excluding hydrogens is 511 g/mol. The zero-order valence-corrected chi connectivity index (χ0v) is 21.4. The Labute approximate surface area is 201 Å². The first-order chi connectivity index (χ1) is 14.1. The molecule has 166 valence electrons. The Kier molecular flexibility index (Phi) is 10.3. The highest BCUT2D eigenvalue weighted by atomic mass is 127. The highest BCUT2D eigenvalue weighted by Crippen LogP contribution is 2.26. The molecular formula is C22H33IN4O2S. The SMILES string of the molecule is CN=C(NCc1ccccc1OC1CCCC1)N(C)Cc1csc(C(C)OC)n1.I. The van der Waals surface area contributed by atoms with E-state index in [1.165, 1.54) is 12.8 Å². The van der Waals surface area contributed by atoms with E-state index in [0.29, 0.717) is 19.2 Å². The average molecular weight is 545 g/mol. The molecule has 1 aromatic heterocycles. The number of aromatic nitrogens is 1. The van der Waals surface area contributed by atoms with Crippen molar-refractivity contribution in [3.05, 3.63) is 45.9 Å². The quantitative estimate of drug-likeness (QED) is 0.288. The molecule has 3 rings (SSSR count). The minimum Gasteiger partial charge on any atom is -0.490 e. The normalized spacial score (nSPS) is 15.5. The fourth-order valence-corrected chi connectivity index (χ4v) is 4.35. The molecule has 1 aliphatic rings. The molecule has 1 saturated carbocycles. The van der Waals surface area contributed by atoms with E-state index >= 15 is 0 Å². The predicted molar refractivity (Wildman–Crippen MR) is 134 cm³/mol. The summed E-state index contributed by atoms with van der Waals surface area (Å²) < 4.78 is 11.6. The number of halogens is 1. The number of hydrogen-bond donors (Lipinski definition) is 1. The van der Waals surface area contributed by atoms with Gasteiger partial charge in [0.15, 0.2) is 5.96 Å². The molecule has 1 fully saturated rings. The summed E-state index contributed by atoms with van der Waals surface area (Å²) in [5.41, 5.74) is 2.17. The minimum atomic E-state index is 0. The third-order valence-electron chi connectivity index (χ3n) is 5.25. The van der Waals surface area contributed by atoms with Crippen LogP contribution in [0.3, 0.4) is 0 Å². The maximum absolute atomic E-state index is 6.25. The summed E-state index contributed by atoms with van der Waals surface area (Å²) in [6.07, 6.45) is 5.22. The summed E-state index contributed by atoms with van der Waals surface area (Å²) in [4.78, 5) is 11.2. The van der Waals surface area contributed by atoms with E-state index in [4.69, 9.17) is 9.47 Å². The Morgan fingerprint density at radius 3 is 2.77 bits per heavy atom. The van der Waals surface area contributed by atoms with Crippen molar-refractivity contribution in [1.82, 2.24) is 15.2 Å². The van der Waals surface area contributed by atoms with Gasteiger partial charge in [-0.2, -0.15) is 0 Å². The molecule has 8 heteroatoms. The topological polar surface area (TPSA) is 59.0 Å². The third kappa shape index (κ3) is 6.81. The van der Waals surface area contributed by atoms with E-state index < -0.39 is 0 Å². The maximum atomic E-state index is 6.25. The molecule has 2 aromatic rings. The minimum absolute atomic E-state index is 0. The molecule has 30 heavy (non-hydrogen) atoms. The van der Waals surface area contributed by atoms with Gasteiger partial charge in [0.2, 0.25) is 0 Å². The number of ether oxygens (including phenoxy) is 2. The second-order valence-corrected chi connectivity index (χ2v) is 8.33. The summed E-state index contributed by atoms with van der Waals surface area (Å²) in [5.74, 6) is 1.80. The molecule has 0 amide bonds. The van der Waals surface area contributed by atoms with Gasteiger partial charge in [0.1, 0.15) is 16.9 Å². The van der Waals surface area contributed by atoms with Crippen LogP contribution in [0.25, 0.3) is 0 Å². The lowest BCUT2D eigenvalue weighted by atomic mass is 10.2. The molecule has 1 heterocycles. The van der Waals surface area contributed by atoms with Gasteiger partial charge in [-0.3, -0.25) is 4.99 Å². The second kappa shape index (κ2) is 12.5. The molecule has 1 atom stereocenters. The van der Waals surface area contributed by atoms with Crippen LogP contribution in [0.5, 0.6) is 5.75 Å². The number of nitrogens with one attached hydrogen (secondary N) is 1. The summed E-state index contributed by atoms with van der Waals surface area (Å²) in [5, 5.41) is 6.54. The average Bonchev–Trinajstić information content (AvgIpc) is 3.41.